The Labute approximate surface area is 129 Å². The normalized spacial score (nSPS) is 20.2. The van der Waals surface area contributed by atoms with Crippen molar-refractivity contribution < 1.29 is 0 Å². The molecule has 2 aromatic carbocycles. The van der Waals surface area contributed by atoms with Crippen LogP contribution in [0.5, 0.6) is 0 Å². The van der Waals surface area contributed by atoms with Crippen molar-refractivity contribution >= 4 is 17.7 Å². The van der Waals surface area contributed by atoms with E-state index < -0.39 is 5.66 Å². The van der Waals surface area contributed by atoms with Gasteiger partial charge >= 0.3 is 0 Å². The van der Waals surface area contributed by atoms with Crippen LogP contribution in [-0.2, 0) is 5.66 Å². The molecule has 22 heavy (non-hydrogen) atoms. The summed E-state index contributed by atoms with van der Waals surface area (Å²) < 4.78 is 0. The number of rotatable bonds is 3. The monoisotopic (exact) mass is 293 g/mol. The van der Waals surface area contributed by atoms with E-state index in [0.717, 1.165) is 22.6 Å². The van der Waals surface area contributed by atoms with Crippen LogP contribution in [0.15, 0.2) is 65.4 Å². The average Bonchev–Trinajstić information content (AvgIpc) is 2.50. The highest BCUT2D eigenvalue weighted by Gasteiger charge is 2.26. The van der Waals surface area contributed by atoms with E-state index in [0.29, 0.717) is 5.69 Å². The van der Waals surface area contributed by atoms with Gasteiger partial charge in [0.05, 0.1) is 6.34 Å². The molecule has 5 heteroatoms. The molecular formula is C17H19N5. The van der Waals surface area contributed by atoms with Crippen molar-refractivity contribution in [2.45, 2.75) is 12.6 Å². The third-order valence-corrected chi connectivity index (χ3v) is 3.63. The summed E-state index contributed by atoms with van der Waals surface area (Å²) >= 11 is 0. The van der Waals surface area contributed by atoms with Crippen LogP contribution < -0.4 is 22.1 Å². The third-order valence-electron chi connectivity index (χ3n) is 3.63. The summed E-state index contributed by atoms with van der Waals surface area (Å²) in [6.07, 6.45) is 3.46. The molecule has 1 aliphatic heterocycles. The van der Waals surface area contributed by atoms with Gasteiger partial charge in [0.25, 0.3) is 0 Å². The number of hydrogen-bond acceptors (Lipinski definition) is 5. The number of para-hydroxylation sites is 1. The minimum absolute atomic E-state index is 0.665. The Morgan fingerprint density at radius 1 is 1.14 bits per heavy atom. The van der Waals surface area contributed by atoms with Crippen molar-refractivity contribution in [1.29, 1.82) is 0 Å². The number of anilines is 2. The molecular weight excluding hydrogens is 274 g/mol. The fourth-order valence-corrected chi connectivity index (χ4v) is 2.38. The SMILES string of the molecule is Cc1ccccc1NC1=CC(N)(c2cccc(N)c2)N=CN1. The highest BCUT2D eigenvalue weighted by molar-refractivity contribution is 5.66. The Balaban J connectivity index is 1.91. The molecule has 1 unspecified atom stereocenters. The summed E-state index contributed by atoms with van der Waals surface area (Å²) in [7, 11) is 0. The Hall–Kier alpha value is -2.79. The van der Waals surface area contributed by atoms with Gasteiger partial charge in [0, 0.05) is 23.0 Å². The standard InChI is InChI=1S/C17H19N5/c1-12-5-2-3-8-15(12)22-16-10-17(19,21-11-20-16)13-6-4-7-14(18)9-13/h2-11,22H,18-19H2,1H3,(H,20,21). The average molecular weight is 293 g/mol. The topological polar surface area (TPSA) is 88.5 Å². The van der Waals surface area contributed by atoms with Gasteiger partial charge in [-0.3, -0.25) is 5.73 Å². The van der Waals surface area contributed by atoms with E-state index in [1.54, 1.807) is 6.34 Å². The molecule has 1 aliphatic rings. The molecule has 0 fully saturated rings. The van der Waals surface area contributed by atoms with Crippen molar-refractivity contribution in [2.75, 3.05) is 11.1 Å². The molecule has 0 radical (unpaired) electrons. The maximum Gasteiger partial charge on any atom is 0.158 e. The number of nitrogens with two attached hydrogens (primary N) is 2. The Morgan fingerprint density at radius 3 is 2.73 bits per heavy atom. The van der Waals surface area contributed by atoms with Gasteiger partial charge in [-0.05, 0) is 30.7 Å². The summed E-state index contributed by atoms with van der Waals surface area (Å²) in [5, 5.41) is 6.42. The second-order valence-electron chi connectivity index (χ2n) is 5.35. The van der Waals surface area contributed by atoms with Crippen molar-refractivity contribution in [2.24, 2.45) is 10.7 Å². The van der Waals surface area contributed by atoms with Crippen molar-refractivity contribution in [1.82, 2.24) is 5.32 Å². The summed E-state index contributed by atoms with van der Waals surface area (Å²) in [6, 6.07) is 15.5. The molecule has 0 aliphatic carbocycles. The van der Waals surface area contributed by atoms with Gasteiger partial charge in [-0.1, -0.05) is 30.3 Å². The number of nitrogens with zero attached hydrogens (tertiary/aromatic N) is 1. The van der Waals surface area contributed by atoms with Gasteiger partial charge in [-0.2, -0.15) is 0 Å². The number of aliphatic imine (C=N–C) groups is 1. The second kappa shape index (κ2) is 5.54. The lowest BCUT2D eigenvalue weighted by Gasteiger charge is -2.27. The molecule has 0 saturated heterocycles. The highest BCUT2D eigenvalue weighted by atomic mass is 15.2. The van der Waals surface area contributed by atoms with E-state index in [1.165, 1.54) is 0 Å². The van der Waals surface area contributed by atoms with E-state index in [1.807, 2.05) is 61.5 Å². The first-order chi connectivity index (χ1) is 10.6. The lowest BCUT2D eigenvalue weighted by molar-refractivity contribution is 0.581. The first-order valence-corrected chi connectivity index (χ1v) is 7.07. The van der Waals surface area contributed by atoms with E-state index in [4.69, 9.17) is 11.5 Å². The molecule has 0 amide bonds. The zero-order valence-corrected chi connectivity index (χ0v) is 12.4. The second-order valence-corrected chi connectivity index (χ2v) is 5.35. The van der Waals surface area contributed by atoms with Gasteiger partial charge in [-0.25, -0.2) is 4.99 Å². The molecule has 112 valence electrons. The molecule has 6 N–H and O–H groups in total. The zero-order valence-electron chi connectivity index (χ0n) is 12.4. The molecule has 5 nitrogen and oxygen atoms in total. The van der Waals surface area contributed by atoms with E-state index in [-0.39, 0.29) is 0 Å². The molecule has 0 saturated carbocycles. The first-order valence-electron chi connectivity index (χ1n) is 7.07. The predicted octanol–water partition coefficient (Wildman–Crippen LogP) is 2.27. The van der Waals surface area contributed by atoms with Crippen LogP contribution in [0.25, 0.3) is 0 Å². The molecule has 1 atom stereocenters. The highest BCUT2D eigenvalue weighted by Crippen LogP contribution is 2.26. The molecule has 0 aromatic heterocycles. The summed E-state index contributed by atoms with van der Waals surface area (Å²) in [4.78, 5) is 4.36. The fraction of sp³-hybridized carbons (Fsp3) is 0.118. The number of nitrogens with one attached hydrogen (secondary N) is 2. The smallest absolute Gasteiger partial charge is 0.158 e. The van der Waals surface area contributed by atoms with E-state index >= 15 is 0 Å². The van der Waals surface area contributed by atoms with Crippen LogP contribution in [0.2, 0.25) is 0 Å². The van der Waals surface area contributed by atoms with E-state index in [9.17, 15) is 0 Å². The van der Waals surface area contributed by atoms with Crippen molar-refractivity contribution in [3.63, 3.8) is 0 Å². The van der Waals surface area contributed by atoms with Crippen LogP contribution in [0, 0.1) is 6.92 Å². The lowest BCUT2D eigenvalue weighted by atomic mass is 9.99. The Kier molecular flexibility index (Phi) is 3.56. The molecule has 3 rings (SSSR count). The van der Waals surface area contributed by atoms with Gasteiger partial charge < -0.3 is 16.4 Å². The fourth-order valence-electron chi connectivity index (χ4n) is 2.38. The first kappa shape index (κ1) is 14.2. The van der Waals surface area contributed by atoms with Crippen LogP contribution >= 0.6 is 0 Å². The number of hydrogen-bond donors (Lipinski definition) is 4. The molecule has 0 spiro atoms. The number of nitrogen functional groups attached to an aromatic ring is 1. The quantitative estimate of drug-likeness (QED) is 0.654. The van der Waals surface area contributed by atoms with Crippen LogP contribution in [0.4, 0.5) is 11.4 Å². The summed E-state index contributed by atoms with van der Waals surface area (Å²) in [6.45, 7) is 2.05. The van der Waals surface area contributed by atoms with Crippen LogP contribution in [0.1, 0.15) is 11.1 Å². The van der Waals surface area contributed by atoms with Crippen molar-refractivity contribution in [3.8, 4) is 0 Å². The van der Waals surface area contributed by atoms with Gasteiger partial charge in [0.1, 0.15) is 5.82 Å². The van der Waals surface area contributed by atoms with Crippen molar-refractivity contribution in [3.05, 3.63) is 71.6 Å². The molecule has 1 heterocycles. The maximum absolute atomic E-state index is 6.42. The number of benzene rings is 2. The predicted molar refractivity (Wildman–Crippen MR) is 91.2 cm³/mol. The minimum atomic E-state index is -0.939. The zero-order chi connectivity index (χ0) is 15.6. The van der Waals surface area contributed by atoms with E-state index in [2.05, 4.69) is 15.6 Å². The lowest BCUT2D eigenvalue weighted by Crippen LogP contribution is -2.39. The van der Waals surface area contributed by atoms with Gasteiger partial charge in [0.2, 0.25) is 0 Å². The van der Waals surface area contributed by atoms with Gasteiger partial charge in [-0.15, -0.1) is 0 Å². The molecule has 2 aromatic rings. The third kappa shape index (κ3) is 2.80. The largest absolute Gasteiger partial charge is 0.399 e. The maximum atomic E-state index is 6.42. The van der Waals surface area contributed by atoms with Gasteiger partial charge in [0.15, 0.2) is 5.66 Å². The van der Waals surface area contributed by atoms with Crippen LogP contribution in [-0.4, -0.2) is 6.34 Å². The number of aryl methyl sites for hydroxylation is 1. The summed E-state index contributed by atoms with van der Waals surface area (Å²) in [5.74, 6) is 0.786. The Bertz CT molecular complexity index is 750. The van der Waals surface area contributed by atoms with Crippen LogP contribution in [0.3, 0.4) is 0 Å². The molecule has 0 bridgehead atoms. The minimum Gasteiger partial charge on any atom is -0.399 e. The Morgan fingerprint density at radius 2 is 1.95 bits per heavy atom. The summed E-state index contributed by atoms with van der Waals surface area (Å²) in [5.41, 5.74) is 15.0.